The number of amides is 1. The third-order valence-electron chi connectivity index (χ3n) is 5.17. The second kappa shape index (κ2) is 7.79. The lowest BCUT2D eigenvalue weighted by atomic mass is 10.1. The molecule has 0 radical (unpaired) electrons. The van der Waals surface area contributed by atoms with E-state index in [1.54, 1.807) is 22.4 Å². The maximum atomic E-state index is 12.8. The van der Waals surface area contributed by atoms with E-state index in [1.807, 2.05) is 72.4 Å². The number of aromatic nitrogens is 4. The van der Waals surface area contributed by atoms with Gasteiger partial charge in [-0.1, -0.05) is 42.5 Å². The fourth-order valence-corrected chi connectivity index (χ4v) is 3.62. The quantitative estimate of drug-likeness (QED) is 0.550. The van der Waals surface area contributed by atoms with Crippen LogP contribution in [0.3, 0.4) is 0 Å². The molecule has 4 rings (SSSR count). The van der Waals surface area contributed by atoms with Crippen molar-refractivity contribution in [3.63, 3.8) is 0 Å². The van der Waals surface area contributed by atoms with Crippen LogP contribution in [0.5, 0.6) is 0 Å². The molecule has 7 nitrogen and oxygen atoms in total. The van der Waals surface area contributed by atoms with Gasteiger partial charge in [-0.25, -0.2) is 9.78 Å². The maximum absolute atomic E-state index is 12.8. The Bertz CT molecular complexity index is 1200. The summed E-state index contributed by atoms with van der Waals surface area (Å²) in [5.41, 5.74) is 2.52. The van der Waals surface area contributed by atoms with Gasteiger partial charge in [0.15, 0.2) is 0 Å². The van der Waals surface area contributed by atoms with Crippen molar-refractivity contribution < 1.29 is 4.79 Å². The average Bonchev–Trinajstić information content (AvgIpc) is 3.27. The molecule has 0 aliphatic heterocycles. The first kappa shape index (κ1) is 18.7. The fourth-order valence-electron chi connectivity index (χ4n) is 3.62. The van der Waals surface area contributed by atoms with Gasteiger partial charge in [-0.05, 0) is 17.7 Å². The molecule has 0 unspecified atom stereocenters. The molecular weight excluding hydrogens is 366 g/mol. The highest BCUT2D eigenvalue weighted by Gasteiger charge is 2.21. The summed E-state index contributed by atoms with van der Waals surface area (Å²) >= 11 is 0. The summed E-state index contributed by atoms with van der Waals surface area (Å²) in [6.45, 7) is 0.314. The highest BCUT2D eigenvalue weighted by atomic mass is 16.2. The highest BCUT2D eigenvalue weighted by Crippen LogP contribution is 2.20. The van der Waals surface area contributed by atoms with Crippen LogP contribution in [0.2, 0.25) is 0 Å². The number of rotatable bonds is 6. The van der Waals surface area contributed by atoms with Crippen LogP contribution in [0.25, 0.3) is 11.0 Å². The van der Waals surface area contributed by atoms with Crippen LogP contribution in [-0.2, 0) is 25.4 Å². The first-order valence-electron chi connectivity index (χ1n) is 9.52. The van der Waals surface area contributed by atoms with Crippen molar-refractivity contribution in [3.8, 4) is 0 Å². The van der Waals surface area contributed by atoms with Gasteiger partial charge in [-0.3, -0.25) is 13.9 Å². The first-order chi connectivity index (χ1) is 14.1. The molecular formula is C22H23N5O2. The number of hydrogen-bond acceptors (Lipinski definition) is 3. The van der Waals surface area contributed by atoms with Crippen molar-refractivity contribution in [2.24, 2.45) is 14.1 Å². The Labute approximate surface area is 168 Å². The van der Waals surface area contributed by atoms with E-state index in [9.17, 15) is 9.59 Å². The summed E-state index contributed by atoms with van der Waals surface area (Å²) < 4.78 is 5.15. The zero-order valence-corrected chi connectivity index (χ0v) is 16.4. The molecule has 0 saturated heterocycles. The smallest absolute Gasteiger partial charge is 0.328 e. The van der Waals surface area contributed by atoms with Gasteiger partial charge in [0, 0.05) is 39.5 Å². The Morgan fingerprint density at radius 2 is 1.72 bits per heavy atom. The standard InChI is InChI=1S/C22H23N5O2/c1-25-15-13-23-21(25)20(16-8-4-3-5-9-16)24-19(28)12-14-27-18-11-7-6-10-17(18)26(2)22(27)29/h3-11,13,15,20H,12,14H2,1-2H3,(H,24,28)/t20-/m1/s1. The number of para-hydroxylation sites is 2. The number of carbonyl (C=O) groups excluding carboxylic acids is 1. The SMILES string of the molecule is Cn1ccnc1[C@H](NC(=O)CCn1c(=O)n(C)c2ccccc21)c1ccccc1. The van der Waals surface area contributed by atoms with Crippen molar-refractivity contribution in [1.82, 2.24) is 24.0 Å². The summed E-state index contributed by atoms with van der Waals surface area (Å²) in [4.78, 5) is 29.8. The minimum Gasteiger partial charge on any atom is -0.342 e. The zero-order valence-electron chi connectivity index (χ0n) is 16.4. The van der Waals surface area contributed by atoms with Gasteiger partial charge < -0.3 is 9.88 Å². The Balaban J connectivity index is 1.55. The van der Waals surface area contributed by atoms with E-state index in [1.165, 1.54) is 0 Å². The summed E-state index contributed by atoms with van der Waals surface area (Å²) in [7, 11) is 3.65. The number of carbonyl (C=O) groups is 1. The number of fused-ring (bicyclic) bond motifs is 1. The summed E-state index contributed by atoms with van der Waals surface area (Å²) in [6.07, 6.45) is 3.77. The number of benzene rings is 2. The second-order valence-corrected chi connectivity index (χ2v) is 7.04. The molecule has 1 atom stereocenters. The minimum atomic E-state index is -0.354. The molecule has 4 aromatic rings. The molecule has 0 aliphatic rings. The predicted molar refractivity (Wildman–Crippen MR) is 111 cm³/mol. The van der Waals surface area contributed by atoms with E-state index in [0.29, 0.717) is 6.54 Å². The Hall–Kier alpha value is -3.61. The molecule has 1 amide bonds. The van der Waals surface area contributed by atoms with Crippen molar-refractivity contribution in [2.45, 2.75) is 19.0 Å². The van der Waals surface area contributed by atoms with E-state index in [2.05, 4.69) is 10.3 Å². The minimum absolute atomic E-state index is 0.122. The van der Waals surface area contributed by atoms with Gasteiger partial charge in [0.05, 0.1) is 11.0 Å². The van der Waals surface area contributed by atoms with E-state index >= 15 is 0 Å². The lowest BCUT2D eigenvalue weighted by molar-refractivity contribution is -0.121. The molecule has 1 N–H and O–H groups in total. The summed E-state index contributed by atoms with van der Waals surface area (Å²) in [5.74, 6) is 0.619. The molecule has 0 fully saturated rings. The average molecular weight is 389 g/mol. The molecule has 0 aliphatic carbocycles. The zero-order chi connectivity index (χ0) is 20.4. The molecule has 2 aromatic heterocycles. The van der Waals surface area contributed by atoms with E-state index in [-0.39, 0.29) is 24.1 Å². The maximum Gasteiger partial charge on any atom is 0.328 e. The normalized spacial score (nSPS) is 12.2. The van der Waals surface area contributed by atoms with Gasteiger partial charge in [-0.15, -0.1) is 0 Å². The van der Waals surface area contributed by atoms with Crippen molar-refractivity contribution in [3.05, 3.63) is 88.9 Å². The fraction of sp³-hybridized carbons (Fsp3) is 0.227. The van der Waals surface area contributed by atoms with Crippen LogP contribution in [0.4, 0.5) is 0 Å². The molecule has 7 heteroatoms. The van der Waals surface area contributed by atoms with E-state index in [0.717, 1.165) is 22.4 Å². The third-order valence-corrected chi connectivity index (χ3v) is 5.17. The van der Waals surface area contributed by atoms with Crippen molar-refractivity contribution in [2.75, 3.05) is 0 Å². The van der Waals surface area contributed by atoms with Crippen molar-refractivity contribution >= 4 is 16.9 Å². The van der Waals surface area contributed by atoms with E-state index < -0.39 is 0 Å². The molecule has 0 saturated carbocycles. The number of hydrogen-bond donors (Lipinski definition) is 1. The topological polar surface area (TPSA) is 73.8 Å². The van der Waals surface area contributed by atoms with Crippen LogP contribution < -0.4 is 11.0 Å². The Kier molecular flexibility index (Phi) is 5.03. The summed E-state index contributed by atoms with van der Waals surface area (Å²) in [5, 5.41) is 3.08. The number of aryl methyl sites for hydroxylation is 3. The van der Waals surface area contributed by atoms with E-state index in [4.69, 9.17) is 0 Å². The monoisotopic (exact) mass is 389 g/mol. The van der Waals surface area contributed by atoms with Crippen LogP contribution in [0.15, 0.2) is 71.8 Å². The number of imidazole rings is 2. The molecule has 148 valence electrons. The lowest BCUT2D eigenvalue weighted by Crippen LogP contribution is -2.32. The van der Waals surface area contributed by atoms with Crippen molar-refractivity contribution in [1.29, 1.82) is 0 Å². The van der Waals surface area contributed by atoms with Crippen LogP contribution >= 0.6 is 0 Å². The number of nitrogens with one attached hydrogen (secondary N) is 1. The largest absolute Gasteiger partial charge is 0.342 e. The predicted octanol–water partition coefficient (Wildman–Crippen LogP) is 2.37. The van der Waals surface area contributed by atoms with Crippen LogP contribution in [-0.4, -0.2) is 24.6 Å². The summed E-state index contributed by atoms with van der Waals surface area (Å²) in [6, 6.07) is 17.0. The highest BCUT2D eigenvalue weighted by molar-refractivity contribution is 5.78. The van der Waals surface area contributed by atoms with Gasteiger partial charge in [-0.2, -0.15) is 0 Å². The Morgan fingerprint density at radius 1 is 1.03 bits per heavy atom. The van der Waals surface area contributed by atoms with Crippen LogP contribution in [0.1, 0.15) is 23.9 Å². The molecule has 0 bridgehead atoms. The van der Waals surface area contributed by atoms with Gasteiger partial charge in [0.1, 0.15) is 11.9 Å². The molecule has 2 heterocycles. The first-order valence-corrected chi connectivity index (χ1v) is 9.52. The molecule has 2 aromatic carbocycles. The van der Waals surface area contributed by atoms with Crippen LogP contribution in [0, 0.1) is 0 Å². The second-order valence-electron chi connectivity index (χ2n) is 7.04. The molecule has 29 heavy (non-hydrogen) atoms. The van der Waals surface area contributed by atoms with Gasteiger partial charge in [0.2, 0.25) is 5.91 Å². The van der Waals surface area contributed by atoms with Gasteiger partial charge in [0.25, 0.3) is 0 Å². The van der Waals surface area contributed by atoms with Gasteiger partial charge >= 0.3 is 5.69 Å². The Morgan fingerprint density at radius 3 is 2.41 bits per heavy atom. The number of nitrogens with zero attached hydrogens (tertiary/aromatic N) is 4. The third kappa shape index (κ3) is 3.59. The molecule has 0 spiro atoms. The lowest BCUT2D eigenvalue weighted by Gasteiger charge is -2.19.